The zero-order chi connectivity index (χ0) is 15.6. The van der Waals surface area contributed by atoms with E-state index in [1.54, 1.807) is 6.07 Å². The molecule has 2 rings (SSSR count). The second-order valence-electron chi connectivity index (χ2n) is 5.82. The van der Waals surface area contributed by atoms with Crippen LogP contribution in [0.15, 0.2) is 18.2 Å². The molecule has 0 aliphatic carbocycles. The molecule has 1 heterocycles. The zero-order valence-corrected chi connectivity index (χ0v) is 13.0. The van der Waals surface area contributed by atoms with Gasteiger partial charge in [0.05, 0.1) is 29.6 Å². The number of fused-ring (bicyclic) bond motifs is 1. The Morgan fingerprint density at radius 1 is 1.38 bits per heavy atom. The first-order valence-electron chi connectivity index (χ1n) is 7.14. The van der Waals surface area contributed by atoms with Crippen molar-refractivity contribution in [1.82, 2.24) is 14.5 Å². The second-order valence-corrected chi connectivity index (χ2v) is 5.82. The minimum Gasteiger partial charge on any atom is -0.326 e. The Morgan fingerprint density at radius 2 is 2.10 bits per heavy atom. The van der Waals surface area contributed by atoms with Crippen molar-refractivity contribution in [3.8, 4) is 6.07 Å². The molecule has 0 N–H and O–H groups in total. The second kappa shape index (κ2) is 6.23. The molecule has 0 aliphatic heterocycles. The number of nitriles is 1. The Hall–Kier alpha value is -1.93. The fraction of sp³-hybridized carbons (Fsp3) is 0.500. The quantitative estimate of drug-likeness (QED) is 0.847. The average Bonchev–Trinajstić information content (AvgIpc) is 2.72. The molecule has 1 unspecified atom stereocenters. The highest BCUT2D eigenvalue weighted by molar-refractivity contribution is 5.76. The molecule has 4 nitrogen and oxygen atoms in total. The first-order chi connectivity index (χ1) is 9.95. The number of hydrogen-bond acceptors (Lipinski definition) is 3. The third-order valence-corrected chi connectivity index (χ3v) is 3.64. The van der Waals surface area contributed by atoms with Crippen LogP contribution in [0.3, 0.4) is 0 Å². The molecule has 0 bridgehead atoms. The Kier molecular flexibility index (Phi) is 4.59. The molecular formula is C16H21FN4. The lowest BCUT2D eigenvalue weighted by atomic mass is 10.0. The van der Waals surface area contributed by atoms with Crippen molar-refractivity contribution in [2.24, 2.45) is 5.92 Å². The van der Waals surface area contributed by atoms with Gasteiger partial charge >= 0.3 is 0 Å². The summed E-state index contributed by atoms with van der Waals surface area (Å²) < 4.78 is 15.5. The number of imidazole rings is 1. The third-order valence-electron chi connectivity index (χ3n) is 3.64. The molecular weight excluding hydrogens is 267 g/mol. The molecule has 1 aromatic carbocycles. The Labute approximate surface area is 124 Å². The van der Waals surface area contributed by atoms with Gasteiger partial charge in [-0.1, -0.05) is 13.8 Å². The van der Waals surface area contributed by atoms with Gasteiger partial charge in [-0.25, -0.2) is 9.37 Å². The fourth-order valence-electron chi connectivity index (χ4n) is 2.87. The SMILES string of the molecule is CC(C)C(c1nc2cc(F)ccc2n1CCC#N)N(C)C. The lowest BCUT2D eigenvalue weighted by molar-refractivity contribution is 0.219. The highest BCUT2D eigenvalue weighted by Crippen LogP contribution is 2.29. The van der Waals surface area contributed by atoms with Crippen LogP contribution in [0, 0.1) is 23.1 Å². The first-order valence-corrected chi connectivity index (χ1v) is 7.14. The van der Waals surface area contributed by atoms with Crippen molar-refractivity contribution in [3.63, 3.8) is 0 Å². The highest BCUT2D eigenvalue weighted by atomic mass is 19.1. The number of rotatable bonds is 5. The summed E-state index contributed by atoms with van der Waals surface area (Å²) in [6.45, 7) is 4.85. The number of nitrogens with zero attached hydrogens (tertiary/aromatic N) is 4. The highest BCUT2D eigenvalue weighted by Gasteiger charge is 2.25. The maximum Gasteiger partial charge on any atom is 0.127 e. The minimum absolute atomic E-state index is 0.124. The lowest BCUT2D eigenvalue weighted by Crippen LogP contribution is -2.27. The van der Waals surface area contributed by atoms with E-state index in [0.29, 0.717) is 24.4 Å². The zero-order valence-electron chi connectivity index (χ0n) is 13.0. The van der Waals surface area contributed by atoms with Crippen molar-refractivity contribution in [2.75, 3.05) is 14.1 Å². The summed E-state index contributed by atoms with van der Waals surface area (Å²) in [6.07, 6.45) is 0.411. The van der Waals surface area contributed by atoms with Gasteiger partial charge in [-0.2, -0.15) is 5.26 Å². The van der Waals surface area contributed by atoms with E-state index < -0.39 is 0 Å². The number of halogens is 1. The molecule has 112 valence electrons. The molecule has 0 fully saturated rings. The molecule has 21 heavy (non-hydrogen) atoms. The molecule has 1 atom stereocenters. The van der Waals surface area contributed by atoms with E-state index in [0.717, 1.165) is 11.3 Å². The van der Waals surface area contributed by atoms with E-state index in [-0.39, 0.29) is 11.9 Å². The molecule has 0 aliphatic rings. The smallest absolute Gasteiger partial charge is 0.127 e. The largest absolute Gasteiger partial charge is 0.326 e. The molecule has 0 spiro atoms. The first kappa shape index (κ1) is 15.5. The van der Waals surface area contributed by atoms with E-state index in [4.69, 9.17) is 5.26 Å². The predicted octanol–water partition coefficient (Wildman–Crippen LogP) is 3.35. The monoisotopic (exact) mass is 288 g/mol. The standard InChI is InChI=1S/C16H21FN4/c1-11(2)15(20(3)4)16-19-13-10-12(17)6-7-14(13)21(16)9-5-8-18/h6-7,10-11,15H,5,9H2,1-4H3. The molecule has 0 saturated heterocycles. The van der Waals surface area contributed by atoms with Crippen LogP contribution in [-0.2, 0) is 6.54 Å². The Bertz CT molecular complexity index is 659. The Morgan fingerprint density at radius 3 is 2.67 bits per heavy atom. The van der Waals surface area contributed by atoms with Gasteiger partial charge in [-0.05, 0) is 32.1 Å². The van der Waals surface area contributed by atoms with E-state index in [1.807, 2.05) is 18.7 Å². The van der Waals surface area contributed by atoms with Gasteiger partial charge in [-0.3, -0.25) is 4.90 Å². The van der Waals surface area contributed by atoms with Crippen LogP contribution < -0.4 is 0 Å². The van der Waals surface area contributed by atoms with Gasteiger partial charge in [-0.15, -0.1) is 0 Å². The summed E-state index contributed by atoms with van der Waals surface area (Å²) in [5.74, 6) is 0.971. The fourth-order valence-corrected chi connectivity index (χ4v) is 2.87. The lowest BCUT2D eigenvalue weighted by Gasteiger charge is -2.28. The average molecular weight is 288 g/mol. The number of aryl methyl sites for hydroxylation is 1. The van der Waals surface area contributed by atoms with Gasteiger partial charge < -0.3 is 4.57 Å². The topological polar surface area (TPSA) is 44.9 Å². The molecule has 0 saturated carbocycles. The van der Waals surface area contributed by atoms with Crippen LogP contribution in [0.1, 0.15) is 32.1 Å². The van der Waals surface area contributed by atoms with Crippen molar-refractivity contribution < 1.29 is 4.39 Å². The summed E-state index contributed by atoms with van der Waals surface area (Å²) in [5, 5.41) is 8.87. The van der Waals surface area contributed by atoms with Crippen LogP contribution in [0.5, 0.6) is 0 Å². The van der Waals surface area contributed by atoms with Crippen LogP contribution in [-0.4, -0.2) is 28.5 Å². The van der Waals surface area contributed by atoms with Crippen molar-refractivity contribution in [2.45, 2.75) is 32.9 Å². The van der Waals surface area contributed by atoms with Gasteiger partial charge in [0.25, 0.3) is 0 Å². The summed E-state index contributed by atoms with van der Waals surface area (Å²) in [7, 11) is 4.03. The van der Waals surface area contributed by atoms with E-state index in [2.05, 4.69) is 29.8 Å². The van der Waals surface area contributed by atoms with Crippen LogP contribution >= 0.6 is 0 Å². The maximum atomic E-state index is 13.4. The van der Waals surface area contributed by atoms with Gasteiger partial charge in [0.1, 0.15) is 11.6 Å². The molecule has 0 radical (unpaired) electrons. The van der Waals surface area contributed by atoms with Gasteiger partial charge in [0, 0.05) is 12.6 Å². The maximum absolute atomic E-state index is 13.4. The molecule has 5 heteroatoms. The van der Waals surface area contributed by atoms with Crippen LogP contribution in [0.25, 0.3) is 11.0 Å². The van der Waals surface area contributed by atoms with Crippen LogP contribution in [0.2, 0.25) is 0 Å². The van der Waals surface area contributed by atoms with Gasteiger partial charge in [0.2, 0.25) is 0 Å². The third kappa shape index (κ3) is 3.06. The number of aromatic nitrogens is 2. The summed E-state index contributed by atoms with van der Waals surface area (Å²) in [4.78, 5) is 6.76. The Balaban J connectivity index is 2.62. The molecule has 1 aromatic heterocycles. The van der Waals surface area contributed by atoms with Crippen molar-refractivity contribution in [1.29, 1.82) is 5.26 Å². The number of benzene rings is 1. The van der Waals surface area contributed by atoms with Crippen LogP contribution in [0.4, 0.5) is 4.39 Å². The predicted molar refractivity (Wildman–Crippen MR) is 81.2 cm³/mol. The van der Waals surface area contributed by atoms with Crippen molar-refractivity contribution >= 4 is 11.0 Å². The summed E-state index contributed by atoms with van der Waals surface area (Å²) >= 11 is 0. The normalized spacial score (nSPS) is 13.0. The molecule has 0 amide bonds. The van der Waals surface area contributed by atoms with E-state index >= 15 is 0 Å². The minimum atomic E-state index is -0.287. The van der Waals surface area contributed by atoms with Gasteiger partial charge in [0.15, 0.2) is 0 Å². The summed E-state index contributed by atoms with van der Waals surface area (Å²) in [6, 6.07) is 6.93. The van der Waals surface area contributed by atoms with E-state index in [1.165, 1.54) is 12.1 Å². The molecule has 2 aromatic rings. The summed E-state index contributed by atoms with van der Waals surface area (Å²) in [5.41, 5.74) is 1.53. The van der Waals surface area contributed by atoms with E-state index in [9.17, 15) is 4.39 Å². The number of hydrogen-bond donors (Lipinski definition) is 0. The van der Waals surface area contributed by atoms with Crippen molar-refractivity contribution in [3.05, 3.63) is 29.8 Å².